The Morgan fingerprint density at radius 3 is 3.00 bits per heavy atom. The highest BCUT2D eigenvalue weighted by Gasteiger charge is 2.27. The van der Waals surface area contributed by atoms with E-state index in [1.807, 2.05) is 4.90 Å². The predicted octanol–water partition coefficient (Wildman–Crippen LogP) is 2.27. The quantitative estimate of drug-likeness (QED) is 0.787. The Morgan fingerprint density at radius 2 is 2.22 bits per heavy atom. The van der Waals surface area contributed by atoms with Crippen molar-refractivity contribution in [3.05, 3.63) is 23.8 Å². The van der Waals surface area contributed by atoms with E-state index in [-0.39, 0.29) is 12.7 Å². The van der Waals surface area contributed by atoms with Gasteiger partial charge in [-0.3, -0.25) is 4.79 Å². The lowest BCUT2D eigenvalue weighted by atomic mass is 10.1. The van der Waals surface area contributed by atoms with Crippen LogP contribution in [-0.4, -0.2) is 36.0 Å². The molecule has 1 aromatic carbocycles. The fraction of sp³-hybridized carbons (Fsp3) is 0.462. The van der Waals surface area contributed by atoms with Gasteiger partial charge in [0.2, 0.25) is 6.79 Å². The van der Waals surface area contributed by atoms with Gasteiger partial charge in [-0.25, -0.2) is 0 Å². The maximum absolute atomic E-state index is 12.3. The maximum atomic E-state index is 12.3. The first kappa shape index (κ1) is 11.8. The zero-order valence-corrected chi connectivity index (χ0v) is 11.5. The molecule has 1 aromatic rings. The largest absolute Gasteiger partial charge is 0.454 e. The third kappa shape index (κ3) is 2.07. The number of hydrogen-bond acceptors (Lipinski definition) is 3. The van der Waals surface area contributed by atoms with Gasteiger partial charge >= 0.3 is 0 Å². The fourth-order valence-electron chi connectivity index (χ4n) is 2.36. The Bertz CT molecular complexity index is 477. The molecule has 5 heteroatoms. The summed E-state index contributed by atoms with van der Waals surface area (Å²) >= 11 is 3.48. The van der Waals surface area contributed by atoms with Crippen molar-refractivity contribution in [3.8, 4) is 11.5 Å². The van der Waals surface area contributed by atoms with Crippen molar-refractivity contribution in [2.75, 3.05) is 25.2 Å². The van der Waals surface area contributed by atoms with Crippen LogP contribution in [0.2, 0.25) is 0 Å². The minimum atomic E-state index is 0.0803. The van der Waals surface area contributed by atoms with E-state index in [0.29, 0.717) is 23.0 Å². The van der Waals surface area contributed by atoms with Crippen LogP contribution < -0.4 is 9.47 Å². The summed E-state index contributed by atoms with van der Waals surface area (Å²) in [4.78, 5) is 14.2. The smallest absolute Gasteiger partial charge is 0.254 e. The molecule has 1 fully saturated rings. The van der Waals surface area contributed by atoms with Crippen molar-refractivity contribution in [2.24, 2.45) is 5.92 Å². The molecule has 96 valence electrons. The number of amides is 1. The Kier molecular flexibility index (Phi) is 3.16. The van der Waals surface area contributed by atoms with Crippen molar-refractivity contribution in [3.63, 3.8) is 0 Å². The summed E-state index contributed by atoms with van der Waals surface area (Å²) in [6.07, 6.45) is 1.07. The number of alkyl halides is 1. The van der Waals surface area contributed by atoms with E-state index < -0.39 is 0 Å². The molecule has 0 aliphatic carbocycles. The van der Waals surface area contributed by atoms with Crippen molar-refractivity contribution in [1.29, 1.82) is 0 Å². The van der Waals surface area contributed by atoms with E-state index in [1.165, 1.54) is 0 Å². The SMILES string of the molecule is O=C(c1ccc2c(c1)OCO2)N1CCC(CBr)C1. The number of carbonyl (C=O) groups excluding carboxylic acids is 1. The fourth-order valence-corrected chi connectivity index (χ4v) is 2.88. The molecule has 4 nitrogen and oxygen atoms in total. The van der Waals surface area contributed by atoms with Gasteiger partial charge in [0.25, 0.3) is 5.91 Å². The van der Waals surface area contributed by atoms with Crippen LogP contribution in [0.25, 0.3) is 0 Å². The topological polar surface area (TPSA) is 38.8 Å². The molecule has 0 saturated carbocycles. The van der Waals surface area contributed by atoms with E-state index in [4.69, 9.17) is 9.47 Å². The lowest BCUT2D eigenvalue weighted by Gasteiger charge is -2.16. The molecule has 1 amide bonds. The third-order valence-electron chi connectivity index (χ3n) is 3.41. The van der Waals surface area contributed by atoms with Crippen LogP contribution in [-0.2, 0) is 0 Å². The highest BCUT2D eigenvalue weighted by atomic mass is 79.9. The predicted molar refractivity (Wildman–Crippen MR) is 70.4 cm³/mol. The zero-order valence-electron chi connectivity index (χ0n) is 9.89. The van der Waals surface area contributed by atoms with Gasteiger partial charge in [-0.1, -0.05) is 15.9 Å². The number of hydrogen-bond donors (Lipinski definition) is 0. The molecular weight excluding hydrogens is 298 g/mol. The molecule has 2 heterocycles. The van der Waals surface area contributed by atoms with E-state index in [0.717, 1.165) is 24.8 Å². The van der Waals surface area contributed by atoms with E-state index >= 15 is 0 Å². The molecule has 1 atom stereocenters. The Hall–Kier alpha value is -1.23. The summed E-state index contributed by atoms with van der Waals surface area (Å²) in [6, 6.07) is 5.37. The van der Waals surface area contributed by atoms with Crippen LogP contribution in [0.15, 0.2) is 18.2 Å². The molecule has 0 aromatic heterocycles. The van der Waals surface area contributed by atoms with E-state index in [9.17, 15) is 4.79 Å². The average Bonchev–Trinajstić information content (AvgIpc) is 3.05. The molecule has 0 spiro atoms. The average molecular weight is 312 g/mol. The van der Waals surface area contributed by atoms with E-state index in [1.54, 1.807) is 18.2 Å². The maximum Gasteiger partial charge on any atom is 0.254 e. The van der Waals surface area contributed by atoms with Crippen LogP contribution >= 0.6 is 15.9 Å². The standard InChI is InChI=1S/C13H14BrNO3/c14-6-9-3-4-15(7-9)13(16)10-1-2-11-12(5-10)18-8-17-11/h1-2,5,9H,3-4,6-8H2. The summed E-state index contributed by atoms with van der Waals surface area (Å²) in [5, 5.41) is 0.956. The van der Waals surface area contributed by atoms with Crippen LogP contribution in [0.5, 0.6) is 11.5 Å². The highest BCUT2D eigenvalue weighted by molar-refractivity contribution is 9.09. The minimum absolute atomic E-state index is 0.0803. The minimum Gasteiger partial charge on any atom is -0.454 e. The number of nitrogens with zero attached hydrogens (tertiary/aromatic N) is 1. The van der Waals surface area contributed by atoms with Crippen LogP contribution in [0, 0.1) is 5.92 Å². The summed E-state index contributed by atoms with van der Waals surface area (Å²) in [7, 11) is 0. The molecular formula is C13H14BrNO3. The van der Waals surface area contributed by atoms with Gasteiger partial charge in [0.1, 0.15) is 0 Å². The molecule has 3 rings (SSSR count). The number of ether oxygens (including phenoxy) is 2. The summed E-state index contributed by atoms with van der Waals surface area (Å²) in [5.74, 6) is 2.03. The van der Waals surface area contributed by atoms with Gasteiger partial charge in [-0.05, 0) is 30.5 Å². The second-order valence-corrected chi connectivity index (χ2v) is 5.28. The van der Waals surface area contributed by atoms with Gasteiger partial charge in [-0.2, -0.15) is 0 Å². The first-order valence-corrected chi connectivity index (χ1v) is 7.15. The van der Waals surface area contributed by atoms with Crippen molar-refractivity contribution in [1.82, 2.24) is 4.90 Å². The molecule has 18 heavy (non-hydrogen) atoms. The molecule has 2 aliphatic rings. The normalized spacial score (nSPS) is 21.4. The summed E-state index contributed by atoms with van der Waals surface area (Å²) in [5.41, 5.74) is 0.675. The van der Waals surface area contributed by atoms with Gasteiger partial charge in [0.15, 0.2) is 11.5 Å². The van der Waals surface area contributed by atoms with Gasteiger partial charge in [0, 0.05) is 24.0 Å². The second kappa shape index (κ2) is 4.80. The molecule has 2 aliphatic heterocycles. The second-order valence-electron chi connectivity index (χ2n) is 4.63. The van der Waals surface area contributed by atoms with E-state index in [2.05, 4.69) is 15.9 Å². The number of rotatable bonds is 2. The highest BCUT2D eigenvalue weighted by Crippen LogP contribution is 2.33. The number of carbonyl (C=O) groups is 1. The number of halogens is 1. The number of fused-ring (bicyclic) bond motifs is 1. The van der Waals surface area contributed by atoms with Gasteiger partial charge in [0.05, 0.1) is 0 Å². The first-order chi connectivity index (χ1) is 8.78. The molecule has 1 saturated heterocycles. The summed E-state index contributed by atoms with van der Waals surface area (Å²) in [6.45, 7) is 1.91. The van der Waals surface area contributed by atoms with Crippen molar-refractivity contribution >= 4 is 21.8 Å². The first-order valence-electron chi connectivity index (χ1n) is 6.03. The lowest BCUT2D eigenvalue weighted by Crippen LogP contribution is -2.28. The van der Waals surface area contributed by atoms with Crippen LogP contribution in [0.3, 0.4) is 0 Å². The van der Waals surface area contributed by atoms with Gasteiger partial charge < -0.3 is 14.4 Å². The van der Waals surface area contributed by atoms with Crippen LogP contribution in [0.1, 0.15) is 16.8 Å². The van der Waals surface area contributed by atoms with Crippen molar-refractivity contribution in [2.45, 2.75) is 6.42 Å². The molecule has 0 N–H and O–H groups in total. The Morgan fingerprint density at radius 1 is 1.39 bits per heavy atom. The molecule has 0 radical (unpaired) electrons. The third-order valence-corrected chi connectivity index (χ3v) is 4.33. The molecule has 0 bridgehead atoms. The molecule has 1 unspecified atom stereocenters. The summed E-state index contributed by atoms with van der Waals surface area (Å²) < 4.78 is 10.5. The lowest BCUT2D eigenvalue weighted by molar-refractivity contribution is 0.0788. The number of likely N-dealkylation sites (tertiary alicyclic amines) is 1. The van der Waals surface area contributed by atoms with Gasteiger partial charge in [-0.15, -0.1) is 0 Å². The van der Waals surface area contributed by atoms with Crippen molar-refractivity contribution < 1.29 is 14.3 Å². The van der Waals surface area contributed by atoms with Crippen LogP contribution in [0.4, 0.5) is 0 Å². The monoisotopic (exact) mass is 311 g/mol. The zero-order chi connectivity index (χ0) is 12.5. The number of benzene rings is 1. The Balaban J connectivity index is 1.77. The Labute approximate surface area is 114 Å².